The Balaban J connectivity index is 1.68. The SMILES string of the molecule is COc1c2cccc1Cc1cccc(c1O)C[C@@H]1C=CC=C(Cc3cccc(c3O)C2)[C@@H]1OC. The molecule has 0 saturated carbocycles. The van der Waals surface area contributed by atoms with Gasteiger partial charge in [-0.1, -0.05) is 72.8 Å². The van der Waals surface area contributed by atoms with Crippen molar-refractivity contribution in [3.8, 4) is 17.2 Å². The summed E-state index contributed by atoms with van der Waals surface area (Å²) in [7, 11) is 3.41. The number of rotatable bonds is 2. The summed E-state index contributed by atoms with van der Waals surface area (Å²) in [6.07, 6.45) is 8.54. The maximum absolute atomic E-state index is 11.2. The third-order valence-electron chi connectivity index (χ3n) is 7.08. The quantitative estimate of drug-likeness (QED) is 0.536. The number of ether oxygens (including phenoxy) is 2. The topological polar surface area (TPSA) is 58.9 Å². The molecule has 34 heavy (non-hydrogen) atoms. The van der Waals surface area contributed by atoms with E-state index in [0.29, 0.717) is 37.2 Å². The number of phenolic OH excluding ortho intramolecular Hbond substituents is 2. The zero-order chi connectivity index (χ0) is 23.7. The zero-order valence-electron chi connectivity index (χ0n) is 19.6. The summed E-state index contributed by atoms with van der Waals surface area (Å²) in [4.78, 5) is 0. The first-order valence-corrected chi connectivity index (χ1v) is 11.7. The van der Waals surface area contributed by atoms with Gasteiger partial charge in [0.1, 0.15) is 17.2 Å². The highest BCUT2D eigenvalue weighted by Crippen LogP contribution is 2.37. The summed E-state index contributed by atoms with van der Waals surface area (Å²) < 4.78 is 11.8. The maximum atomic E-state index is 11.2. The van der Waals surface area contributed by atoms with Gasteiger partial charge in [0, 0.05) is 25.9 Å². The van der Waals surface area contributed by atoms with Crippen LogP contribution in [0.5, 0.6) is 17.2 Å². The van der Waals surface area contributed by atoms with Crippen molar-refractivity contribution in [2.24, 2.45) is 5.92 Å². The minimum Gasteiger partial charge on any atom is -0.507 e. The molecule has 0 aromatic heterocycles. The molecule has 0 fully saturated rings. The standard InChI is InChI=1S/C30H30O4/c1-33-29-23-11-5-12-24(29)16-20-8-4-10-22(28(20)32)18-26-14-6-13-25(30(26)34-2)17-21-9-3-7-19(15-23)27(21)31/h3-14,23,29,31-32H,15-18H2,1-2H3/t23-,29+/m0/s1. The van der Waals surface area contributed by atoms with Gasteiger partial charge in [0.25, 0.3) is 0 Å². The first-order valence-electron chi connectivity index (χ1n) is 11.7. The van der Waals surface area contributed by atoms with Crippen LogP contribution in [0.2, 0.25) is 0 Å². The van der Waals surface area contributed by atoms with E-state index in [1.807, 2.05) is 54.6 Å². The number of allylic oxidation sites excluding steroid dienone is 2. The lowest BCUT2D eigenvalue weighted by molar-refractivity contribution is 0.0938. The van der Waals surface area contributed by atoms with Gasteiger partial charge >= 0.3 is 0 Å². The van der Waals surface area contributed by atoms with E-state index < -0.39 is 0 Å². The summed E-state index contributed by atoms with van der Waals surface area (Å²) in [6.45, 7) is 0. The Hall–Kier alpha value is -3.50. The van der Waals surface area contributed by atoms with E-state index >= 15 is 0 Å². The van der Waals surface area contributed by atoms with E-state index in [9.17, 15) is 10.2 Å². The summed E-state index contributed by atoms with van der Waals surface area (Å²) in [5.74, 6) is 1.55. The fourth-order valence-electron chi connectivity index (χ4n) is 5.40. The van der Waals surface area contributed by atoms with Crippen LogP contribution in [0.1, 0.15) is 33.4 Å². The van der Waals surface area contributed by atoms with E-state index in [-0.39, 0.29) is 12.0 Å². The Morgan fingerprint density at radius 3 is 1.82 bits per heavy atom. The lowest BCUT2D eigenvalue weighted by atomic mass is 9.82. The number of methoxy groups -OCH3 is 2. The number of aromatic hydroxyl groups is 2. The first kappa shape index (κ1) is 22.3. The van der Waals surface area contributed by atoms with Crippen molar-refractivity contribution in [2.45, 2.75) is 31.8 Å². The normalized spacial score (nSPS) is 19.4. The van der Waals surface area contributed by atoms with Crippen molar-refractivity contribution >= 4 is 0 Å². The zero-order valence-corrected chi connectivity index (χ0v) is 19.6. The molecule has 3 aromatic rings. The average molecular weight is 455 g/mol. The van der Waals surface area contributed by atoms with Gasteiger partial charge in [-0.2, -0.15) is 0 Å². The molecule has 2 N–H and O–H groups in total. The summed E-state index contributed by atoms with van der Waals surface area (Å²) >= 11 is 0. The van der Waals surface area contributed by atoms with Crippen LogP contribution < -0.4 is 4.74 Å². The fourth-order valence-corrected chi connectivity index (χ4v) is 5.40. The molecule has 2 aliphatic rings. The van der Waals surface area contributed by atoms with E-state index in [0.717, 1.165) is 44.7 Å². The molecule has 0 unspecified atom stereocenters. The van der Waals surface area contributed by atoms with Gasteiger partial charge in [0.15, 0.2) is 0 Å². The summed E-state index contributed by atoms with van der Waals surface area (Å²) in [6, 6.07) is 18.0. The Bertz CT molecular complexity index is 1270. The molecule has 2 aliphatic carbocycles. The van der Waals surface area contributed by atoms with E-state index in [1.165, 1.54) is 0 Å². The molecule has 2 atom stereocenters. The largest absolute Gasteiger partial charge is 0.507 e. The van der Waals surface area contributed by atoms with E-state index in [2.05, 4.69) is 18.2 Å². The van der Waals surface area contributed by atoms with Gasteiger partial charge in [0.05, 0.1) is 13.2 Å². The highest BCUT2D eigenvalue weighted by molar-refractivity contribution is 5.52. The van der Waals surface area contributed by atoms with Crippen LogP contribution in [-0.2, 0) is 30.4 Å². The van der Waals surface area contributed by atoms with Gasteiger partial charge in [-0.25, -0.2) is 0 Å². The molecule has 5 rings (SSSR count). The molecule has 4 nitrogen and oxygen atoms in total. The van der Waals surface area contributed by atoms with Crippen LogP contribution in [0.4, 0.5) is 0 Å². The number of benzene rings is 3. The second-order valence-electron chi connectivity index (χ2n) is 9.14. The molecule has 174 valence electrons. The summed E-state index contributed by atoms with van der Waals surface area (Å²) in [5.41, 5.74) is 6.65. The minimum atomic E-state index is -0.128. The van der Waals surface area contributed by atoms with Crippen LogP contribution in [0.25, 0.3) is 0 Å². The van der Waals surface area contributed by atoms with Gasteiger partial charge < -0.3 is 19.7 Å². The van der Waals surface area contributed by atoms with Crippen LogP contribution >= 0.6 is 0 Å². The monoisotopic (exact) mass is 454 g/mol. The highest BCUT2D eigenvalue weighted by Gasteiger charge is 2.28. The lowest BCUT2D eigenvalue weighted by Gasteiger charge is -2.29. The van der Waals surface area contributed by atoms with Gasteiger partial charge in [0.2, 0.25) is 0 Å². The molecule has 4 heteroatoms. The van der Waals surface area contributed by atoms with Gasteiger partial charge in [-0.05, 0) is 51.8 Å². The molecule has 0 saturated heterocycles. The third kappa shape index (κ3) is 4.10. The predicted octanol–water partition coefficient (Wildman–Crippen LogP) is 5.51. The Morgan fingerprint density at radius 1 is 0.706 bits per heavy atom. The van der Waals surface area contributed by atoms with Crippen molar-refractivity contribution in [1.82, 2.24) is 0 Å². The molecule has 0 radical (unpaired) electrons. The van der Waals surface area contributed by atoms with E-state index in [1.54, 1.807) is 14.2 Å². The molecule has 0 aliphatic heterocycles. The number of hydrogen-bond acceptors (Lipinski definition) is 4. The Labute approximate surface area is 200 Å². The van der Waals surface area contributed by atoms with Crippen LogP contribution in [-0.4, -0.2) is 30.5 Å². The van der Waals surface area contributed by atoms with Crippen molar-refractivity contribution in [2.75, 3.05) is 14.2 Å². The van der Waals surface area contributed by atoms with Crippen LogP contribution in [0.3, 0.4) is 0 Å². The number of hydrogen-bond donors (Lipinski definition) is 2. The second-order valence-corrected chi connectivity index (χ2v) is 9.14. The second kappa shape index (κ2) is 9.40. The maximum Gasteiger partial charge on any atom is 0.125 e. The predicted molar refractivity (Wildman–Crippen MR) is 134 cm³/mol. The average Bonchev–Trinajstić information content (AvgIpc) is 2.84. The lowest BCUT2D eigenvalue weighted by Crippen LogP contribution is -2.28. The molecule has 8 bridgehead atoms. The van der Waals surface area contributed by atoms with Crippen molar-refractivity contribution < 1.29 is 19.7 Å². The number of fused-ring (bicyclic) bond motifs is 8. The Kier molecular flexibility index (Phi) is 6.16. The first-order chi connectivity index (χ1) is 16.6. The van der Waals surface area contributed by atoms with Crippen molar-refractivity contribution in [3.63, 3.8) is 0 Å². The highest BCUT2D eigenvalue weighted by atomic mass is 16.5. The Morgan fingerprint density at radius 2 is 1.24 bits per heavy atom. The fraction of sp³-hybridized carbons (Fsp3) is 0.267. The smallest absolute Gasteiger partial charge is 0.125 e. The molecule has 3 aromatic carbocycles. The minimum absolute atomic E-state index is 0.0854. The number of phenols is 2. The molecular formula is C30H30O4. The third-order valence-corrected chi connectivity index (χ3v) is 7.08. The van der Waals surface area contributed by atoms with Crippen molar-refractivity contribution in [1.29, 1.82) is 0 Å². The summed E-state index contributed by atoms with van der Waals surface area (Å²) in [5, 5.41) is 22.4. The molecule has 0 heterocycles. The molecular weight excluding hydrogens is 424 g/mol. The molecule has 0 spiro atoms. The van der Waals surface area contributed by atoms with Gasteiger partial charge in [-0.3, -0.25) is 0 Å². The molecule has 0 amide bonds. The van der Waals surface area contributed by atoms with Gasteiger partial charge in [-0.15, -0.1) is 0 Å². The van der Waals surface area contributed by atoms with Crippen molar-refractivity contribution in [3.05, 3.63) is 112 Å². The number of para-hydroxylation sites is 3. The van der Waals surface area contributed by atoms with Crippen LogP contribution in [0.15, 0.2) is 78.4 Å². The van der Waals surface area contributed by atoms with E-state index in [4.69, 9.17) is 9.47 Å². The van der Waals surface area contributed by atoms with Crippen LogP contribution in [0, 0.1) is 5.92 Å².